The fraction of sp³-hybridized carbons (Fsp3) is 0.333. The number of fused-ring (bicyclic) bond motifs is 1. The third kappa shape index (κ3) is 2.89. The number of carbonyl (C=O) groups is 2. The summed E-state index contributed by atoms with van der Waals surface area (Å²) < 4.78 is 0. The van der Waals surface area contributed by atoms with Crippen LogP contribution in [0.2, 0.25) is 0 Å². The monoisotopic (exact) mass is 302 g/mol. The summed E-state index contributed by atoms with van der Waals surface area (Å²) in [5.74, 6) is -1.00. The lowest BCUT2D eigenvalue weighted by atomic mass is 10.2. The molecule has 22 heavy (non-hydrogen) atoms. The maximum atomic E-state index is 12.2. The lowest BCUT2D eigenvalue weighted by molar-refractivity contribution is 0.0691. The zero-order chi connectivity index (χ0) is 15.7. The summed E-state index contributed by atoms with van der Waals surface area (Å²) in [5, 5.41) is 12.6. The molecule has 1 saturated heterocycles. The molecule has 0 saturated carbocycles. The second-order valence-corrected chi connectivity index (χ2v) is 5.51. The predicted octanol–water partition coefficient (Wildman–Crippen LogP) is 1.65. The molecule has 3 rings (SSSR count). The first-order valence-electron chi connectivity index (χ1n) is 7.13. The molecule has 2 amide bonds. The van der Waals surface area contributed by atoms with Gasteiger partial charge in [0.15, 0.2) is 0 Å². The van der Waals surface area contributed by atoms with E-state index in [1.807, 2.05) is 7.05 Å². The topological polar surface area (TPSA) is 88.7 Å². The minimum atomic E-state index is -1.00. The molecule has 0 radical (unpaired) electrons. The maximum Gasteiger partial charge on any atom is 0.352 e. The third-order valence-corrected chi connectivity index (χ3v) is 3.89. The summed E-state index contributed by atoms with van der Waals surface area (Å²) in [7, 11) is 2.04. The summed E-state index contributed by atoms with van der Waals surface area (Å²) in [6.45, 7) is 3.15. The number of hydrogen-bond donors (Lipinski definition) is 3. The minimum Gasteiger partial charge on any atom is -0.477 e. The van der Waals surface area contributed by atoms with Crippen LogP contribution in [0, 0.1) is 0 Å². The Morgan fingerprint density at radius 1 is 1.18 bits per heavy atom. The van der Waals surface area contributed by atoms with E-state index in [1.165, 1.54) is 0 Å². The number of urea groups is 1. The highest BCUT2D eigenvalue weighted by Crippen LogP contribution is 2.20. The van der Waals surface area contributed by atoms with Crippen molar-refractivity contribution in [2.45, 2.75) is 0 Å². The Bertz CT molecular complexity index is 717. The zero-order valence-electron chi connectivity index (χ0n) is 12.3. The number of carboxylic acids is 1. The van der Waals surface area contributed by atoms with Gasteiger partial charge in [-0.15, -0.1) is 0 Å². The van der Waals surface area contributed by atoms with Gasteiger partial charge in [-0.05, 0) is 31.3 Å². The van der Waals surface area contributed by atoms with Crippen LogP contribution >= 0.6 is 0 Å². The number of aromatic nitrogens is 1. The van der Waals surface area contributed by atoms with Gasteiger partial charge in [-0.25, -0.2) is 9.59 Å². The zero-order valence-corrected chi connectivity index (χ0v) is 12.3. The second kappa shape index (κ2) is 5.69. The van der Waals surface area contributed by atoms with Crippen LogP contribution in [0.4, 0.5) is 10.5 Å². The summed E-state index contributed by atoms with van der Waals surface area (Å²) in [6, 6.07) is 6.73. The molecule has 116 valence electrons. The van der Waals surface area contributed by atoms with Crippen molar-refractivity contribution in [2.24, 2.45) is 0 Å². The Balaban J connectivity index is 1.73. The molecule has 1 aliphatic rings. The first kappa shape index (κ1) is 14.4. The summed E-state index contributed by atoms with van der Waals surface area (Å²) in [6.07, 6.45) is 0. The van der Waals surface area contributed by atoms with Crippen molar-refractivity contribution in [2.75, 3.05) is 38.5 Å². The summed E-state index contributed by atoms with van der Waals surface area (Å²) in [5.41, 5.74) is 1.53. The van der Waals surface area contributed by atoms with Gasteiger partial charge in [0.1, 0.15) is 5.69 Å². The van der Waals surface area contributed by atoms with Crippen LogP contribution in [0.15, 0.2) is 24.3 Å². The van der Waals surface area contributed by atoms with Crippen LogP contribution in [0.25, 0.3) is 10.9 Å². The van der Waals surface area contributed by atoms with Crippen molar-refractivity contribution >= 4 is 28.6 Å². The lowest BCUT2D eigenvalue weighted by Crippen LogP contribution is -2.48. The molecule has 2 aromatic rings. The highest BCUT2D eigenvalue weighted by molar-refractivity contribution is 5.97. The molecule has 0 aliphatic carbocycles. The van der Waals surface area contributed by atoms with Crippen LogP contribution in [0.5, 0.6) is 0 Å². The van der Waals surface area contributed by atoms with Gasteiger partial charge in [0.25, 0.3) is 0 Å². The van der Waals surface area contributed by atoms with E-state index in [4.69, 9.17) is 5.11 Å². The quantitative estimate of drug-likeness (QED) is 0.787. The highest BCUT2D eigenvalue weighted by Gasteiger charge is 2.19. The Morgan fingerprint density at radius 2 is 1.91 bits per heavy atom. The number of aromatic amines is 1. The number of H-pyrrole nitrogens is 1. The molecule has 0 spiro atoms. The summed E-state index contributed by atoms with van der Waals surface area (Å²) in [4.78, 5) is 30.0. The average molecular weight is 302 g/mol. The number of piperazine rings is 1. The van der Waals surface area contributed by atoms with E-state index in [1.54, 1.807) is 29.2 Å². The van der Waals surface area contributed by atoms with Crippen molar-refractivity contribution in [1.82, 2.24) is 14.8 Å². The third-order valence-electron chi connectivity index (χ3n) is 3.89. The van der Waals surface area contributed by atoms with Crippen LogP contribution < -0.4 is 5.32 Å². The van der Waals surface area contributed by atoms with E-state index >= 15 is 0 Å². The Kier molecular flexibility index (Phi) is 3.72. The van der Waals surface area contributed by atoms with Crippen molar-refractivity contribution in [1.29, 1.82) is 0 Å². The SMILES string of the molecule is CN1CCN(C(=O)Nc2ccc3[nH]c(C(=O)O)cc3c2)CC1. The number of anilines is 1. The molecule has 2 heterocycles. The number of rotatable bonds is 2. The van der Waals surface area contributed by atoms with Gasteiger partial charge in [0, 0.05) is 42.8 Å². The van der Waals surface area contributed by atoms with E-state index < -0.39 is 5.97 Å². The van der Waals surface area contributed by atoms with Gasteiger partial charge in [0.2, 0.25) is 0 Å². The fourth-order valence-corrected chi connectivity index (χ4v) is 2.54. The van der Waals surface area contributed by atoms with Gasteiger partial charge < -0.3 is 25.2 Å². The largest absolute Gasteiger partial charge is 0.477 e. The number of aromatic carboxylic acids is 1. The molecule has 0 atom stereocenters. The Hall–Kier alpha value is -2.54. The predicted molar refractivity (Wildman–Crippen MR) is 83.3 cm³/mol. The van der Waals surface area contributed by atoms with Crippen molar-refractivity contribution in [3.63, 3.8) is 0 Å². The van der Waals surface area contributed by atoms with Gasteiger partial charge >= 0.3 is 12.0 Å². The number of nitrogens with zero attached hydrogens (tertiary/aromatic N) is 2. The number of carboxylic acid groups (broad SMARTS) is 1. The van der Waals surface area contributed by atoms with Crippen LogP contribution in [-0.2, 0) is 0 Å². The first-order valence-corrected chi connectivity index (χ1v) is 7.13. The average Bonchev–Trinajstić information content (AvgIpc) is 2.91. The van der Waals surface area contributed by atoms with Crippen molar-refractivity contribution in [3.8, 4) is 0 Å². The van der Waals surface area contributed by atoms with E-state index in [0.29, 0.717) is 18.8 Å². The van der Waals surface area contributed by atoms with Crippen molar-refractivity contribution in [3.05, 3.63) is 30.0 Å². The number of benzene rings is 1. The summed E-state index contributed by atoms with van der Waals surface area (Å²) >= 11 is 0. The van der Waals surface area contributed by atoms with Crippen LogP contribution in [0.1, 0.15) is 10.5 Å². The number of likely N-dealkylation sites (N-methyl/N-ethyl adjacent to an activating group) is 1. The molecule has 3 N–H and O–H groups in total. The van der Waals surface area contributed by atoms with Gasteiger partial charge in [-0.2, -0.15) is 0 Å². The minimum absolute atomic E-state index is 0.124. The maximum absolute atomic E-state index is 12.2. The van der Waals surface area contributed by atoms with E-state index in [-0.39, 0.29) is 11.7 Å². The van der Waals surface area contributed by atoms with Crippen LogP contribution in [0.3, 0.4) is 0 Å². The van der Waals surface area contributed by atoms with Gasteiger partial charge in [-0.3, -0.25) is 0 Å². The van der Waals surface area contributed by atoms with Crippen LogP contribution in [-0.4, -0.2) is 65.1 Å². The molecule has 7 heteroatoms. The molecule has 0 unspecified atom stereocenters. The molecule has 1 fully saturated rings. The number of amides is 2. The van der Waals surface area contributed by atoms with Crippen molar-refractivity contribution < 1.29 is 14.7 Å². The molecule has 1 aliphatic heterocycles. The molecular weight excluding hydrogens is 284 g/mol. The molecule has 1 aromatic carbocycles. The molecular formula is C15H18N4O3. The molecule has 7 nitrogen and oxygen atoms in total. The Labute approximate surface area is 127 Å². The second-order valence-electron chi connectivity index (χ2n) is 5.51. The number of carbonyl (C=O) groups excluding carboxylic acids is 1. The van der Waals surface area contributed by atoms with Gasteiger partial charge in [-0.1, -0.05) is 0 Å². The van der Waals surface area contributed by atoms with E-state index in [2.05, 4.69) is 15.2 Å². The molecule has 0 bridgehead atoms. The first-order chi connectivity index (χ1) is 10.5. The normalized spacial score (nSPS) is 16.0. The van der Waals surface area contributed by atoms with E-state index in [0.717, 1.165) is 24.0 Å². The highest BCUT2D eigenvalue weighted by atomic mass is 16.4. The smallest absolute Gasteiger partial charge is 0.352 e. The lowest BCUT2D eigenvalue weighted by Gasteiger charge is -2.32. The van der Waals surface area contributed by atoms with Gasteiger partial charge in [0.05, 0.1) is 0 Å². The standard InChI is InChI=1S/C15H18N4O3/c1-18-4-6-19(7-5-18)15(22)16-11-2-3-12-10(8-11)9-13(17-12)14(20)21/h2-3,8-9,17H,4-7H2,1H3,(H,16,22)(H,20,21). The molecule has 1 aromatic heterocycles. The number of hydrogen-bond acceptors (Lipinski definition) is 3. The number of nitrogens with one attached hydrogen (secondary N) is 2. The Morgan fingerprint density at radius 3 is 2.59 bits per heavy atom. The fourth-order valence-electron chi connectivity index (χ4n) is 2.54. The van der Waals surface area contributed by atoms with E-state index in [9.17, 15) is 9.59 Å².